The number of allylic oxidation sites excluding steroid dienone is 1. The van der Waals surface area contributed by atoms with Crippen LogP contribution in [0.2, 0.25) is 0 Å². The molecule has 0 heterocycles. The number of nitrogens with zero attached hydrogens (tertiary/aromatic N) is 1. The smallest absolute Gasteiger partial charge is 0.514 e. The second-order valence-electron chi connectivity index (χ2n) is 13.7. The molecule has 0 radical (unpaired) electrons. The summed E-state index contributed by atoms with van der Waals surface area (Å²) in [5.41, 5.74) is 2.31. The summed E-state index contributed by atoms with van der Waals surface area (Å²) < 4.78 is 11.1. The minimum atomic E-state index is -0.714. The summed E-state index contributed by atoms with van der Waals surface area (Å²) in [6, 6.07) is 5.72. The summed E-state index contributed by atoms with van der Waals surface area (Å²) in [6.07, 6.45) is 20.9. The van der Waals surface area contributed by atoms with Gasteiger partial charge in [0.15, 0.2) is 0 Å². The highest BCUT2D eigenvalue weighted by Gasteiger charge is 2.58. The van der Waals surface area contributed by atoms with Crippen molar-refractivity contribution in [2.45, 2.75) is 123 Å². The number of rotatable bonds is 10. The topological polar surface area (TPSA) is 82.1 Å². The fraction of sp³-hybridized carbons (Fsp3) is 0.735. The van der Waals surface area contributed by atoms with Crippen molar-refractivity contribution in [2.24, 2.45) is 34.5 Å². The number of hydrogen-bond donors (Lipinski definition) is 1. The third-order valence-corrected chi connectivity index (χ3v) is 11.7. The van der Waals surface area contributed by atoms with E-state index in [4.69, 9.17) is 14.7 Å². The number of carbonyl (C=O) groups excluding carboxylic acids is 1. The number of anilines is 1. The summed E-state index contributed by atoms with van der Waals surface area (Å²) in [5.74, 6) is 3.61. The van der Waals surface area contributed by atoms with Gasteiger partial charge in [0.25, 0.3) is 0 Å². The summed E-state index contributed by atoms with van der Waals surface area (Å²) in [5, 5.41) is 19.7. The van der Waals surface area contributed by atoms with Crippen LogP contribution < -0.4 is 9.96 Å². The number of unbranched alkanes of at least 4 members (excludes halogenated alkanes) is 5. The lowest BCUT2D eigenvalue weighted by Crippen LogP contribution is -2.50. The monoisotopic (exact) mass is 552 g/mol. The third-order valence-electron chi connectivity index (χ3n) is 11.7. The third kappa shape index (κ3) is 5.94. The summed E-state index contributed by atoms with van der Waals surface area (Å²) in [4.78, 5) is 12.5. The molecule has 3 saturated carbocycles. The van der Waals surface area contributed by atoms with Gasteiger partial charge in [-0.2, -0.15) is 0 Å². The first kappa shape index (κ1) is 29.4. The van der Waals surface area contributed by atoms with Crippen LogP contribution in [0.1, 0.15) is 117 Å². The minimum absolute atomic E-state index is 0.0729. The normalized spacial score (nSPS) is 34.7. The van der Waals surface area contributed by atoms with Crippen molar-refractivity contribution in [2.75, 3.05) is 5.23 Å². The van der Waals surface area contributed by atoms with Gasteiger partial charge in [-0.05, 0) is 110 Å². The molecule has 3 fully saturated rings. The standard InChI is InChI=1S/C34H50NO5/c1-4-5-6-7-8-9-10-24-12-18-30-29-17-11-25-23-28(19-21-34(25,3)31(29)20-22-33(24,30)2)40-32(36)39-27-15-13-26(14-16-27)35(37)38/h11,13-16,24,28-31,37H,4-10,12,17-23H2,1-3H3/q-1/t24-,28-,29-,30-,31-,33+,34-/m0/s1. The van der Waals surface area contributed by atoms with Gasteiger partial charge in [0.05, 0.1) is 5.69 Å². The highest BCUT2D eigenvalue weighted by atomic mass is 16.8. The molecular weight excluding hydrogens is 502 g/mol. The first-order chi connectivity index (χ1) is 19.2. The Kier molecular flexibility index (Phi) is 9.16. The van der Waals surface area contributed by atoms with Crippen LogP contribution in [0.5, 0.6) is 5.75 Å². The lowest BCUT2D eigenvalue weighted by Gasteiger charge is -2.58. The molecule has 0 bridgehead atoms. The van der Waals surface area contributed by atoms with Gasteiger partial charge in [0.2, 0.25) is 0 Å². The largest absolute Gasteiger partial charge is 0.733 e. The van der Waals surface area contributed by atoms with Crippen molar-refractivity contribution < 1.29 is 19.5 Å². The van der Waals surface area contributed by atoms with E-state index in [9.17, 15) is 10.0 Å². The molecule has 0 amide bonds. The van der Waals surface area contributed by atoms with E-state index >= 15 is 0 Å². The lowest BCUT2D eigenvalue weighted by atomic mass is 9.47. The van der Waals surface area contributed by atoms with E-state index in [2.05, 4.69) is 26.8 Å². The fourth-order valence-electron chi connectivity index (χ4n) is 9.38. The number of hydrogen-bond acceptors (Lipinski definition) is 6. The second-order valence-corrected chi connectivity index (χ2v) is 13.7. The molecule has 0 spiro atoms. The van der Waals surface area contributed by atoms with Crippen LogP contribution in [0.4, 0.5) is 10.5 Å². The molecule has 4 aliphatic rings. The first-order valence-corrected chi connectivity index (χ1v) is 16.1. The molecule has 1 N–H and O–H groups in total. The Hall–Kier alpha value is -2.05. The zero-order valence-electron chi connectivity index (χ0n) is 24.9. The van der Waals surface area contributed by atoms with Gasteiger partial charge in [-0.1, -0.05) is 70.9 Å². The fourth-order valence-corrected chi connectivity index (χ4v) is 9.38. The van der Waals surface area contributed by atoms with Crippen LogP contribution in [-0.2, 0) is 4.74 Å². The molecule has 4 aliphatic carbocycles. The molecule has 222 valence electrons. The molecule has 1 aromatic rings. The van der Waals surface area contributed by atoms with Crippen molar-refractivity contribution in [1.29, 1.82) is 0 Å². The predicted octanol–water partition coefficient (Wildman–Crippen LogP) is 9.59. The Morgan fingerprint density at radius 1 is 1.00 bits per heavy atom. The van der Waals surface area contributed by atoms with E-state index < -0.39 is 6.16 Å². The molecule has 7 atom stereocenters. The quantitative estimate of drug-likeness (QED) is 0.102. The first-order valence-electron chi connectivity index (χ1n) is 16.1. The van der Waals surface area contributed by atoms with Gasteiger partial charge < -0.3 is 19.9 Å². The number of carbonyl (C=O) groups is 1. The van der Waals surface area contributed by atoms with E-state index in [-0.39, 0.29) is 28.2 Å². The van der Waals surface area contributed by atoms with Crippen LogP contribution in [-0.4, -0.2) is 17.5 Å². The van der Waals surface area contributed by atoms with Gasteiger partial charge in [0.1, 0.15) is 11.9 Å². The van der Waals surface area contributed by atoms with Gasteiger partial charge in [-0.15, -0.1) is 0 Å². The van der Waals surface area contributed by atoms with Gasteiger partial charge in [0, 0.05) is 6.42 Å². The lowest BCUT2D eigenvalue weighted by molar-refractivity contribution is -0.0538. The summed E-state index contributed by atoms with van der Waals surface area (Å²) in [7, 11) is 0. The van der Waals surface area contributed by atoms with Crippen molar-refractivity contribution in [3.05, 3.63) is 41.1 Å². The Labute approximate surface area is 241 Å². The zero-order chi connectivity index (χ0) is 28.3. The summed E-state index contributed by atoms with van der Waals surface area (Å²) in [6.45, 7) is 7.44. The van der Waals surface area contributed by atoms with Crippen LogP contribution in [0.3, 0.4) is 0 Å². The Morgan fingerprint density at radius 3 is 2.50 bits per heavy atom. The van der Waals surface area contributed by atoms with E-state index in [0.717, 1.165) is 42.9 Å². The Balaban J connectivity index is 1.16. The number of benzene rings is 1. The van der Waals surface area contributed by atoms with Crippen molar-refractivity contribution in [3.8, 4) is 5.75 Å². The van der Waals surface area contributed by atoms with Crippen LogP contribution in [0.25, 0.3) is 0 Å². The van der Waals surface area contributed by atoms with Crippen molar-refractivity contribution in [1.82, 2.24) is 0 Å². The maximum Gasteiger partial charge on any atom is 0.514 e. The molecule has 6 nitrogen and oxygen atoms in total. The minimum Gasteiger partial charge on any atom is -0.733 e. The molecule has 5 rings (SSSR count). The molecular formula is C34H50NO5-. The van der Waals surface area contributed by atoms with Crippen molar-refractivity contribution >= 4 is 11.8 Å². The molecule has 0 aromatic heterocycles. The van der Waals surface area contributed by atoms with Crippen LogP contribution in [0, 0.1) is 39.7 Å². The van der Waals surface area contributed by atoms with Gasteiger partial charge >= 0.3 is 6.16 Å². The number of fused-ring (bicyclic) bond motifs is 5. The van der Waals surface area contributed by atoms with Gasteiger partial charge in [-0.3, -0.25) is 5.21 Å². The molecule has 40 heavy (non-hydrogen) atoms. The predicted molar refractivity (Wildman–Crippen MR) is 158 cm³/mol. The molecule has 6 heteroatoms. The molecule has 1 aromatic carbocycles. The average Bonchev–Trinajstić information content (AvgIpc) is 3.27. The maximum atomic E-state index is 12.5. The second kappa shape index (κ2) is 12.4. The number of ether oxygens (including phenoxy) is 2. The van der Waals surface area contributed by atoms with Crippen LogP contribution >= 0.6 is 0 Å². The average molecular weight is 553 g/mol. The Bertz CT molecular complexity index is 1040. The maximum absolute atomic E-state index is 12.5. The molecule has 0 unspecified atom stereocenters. The van der Waals surface area contributed by atoms with Crippen LogP contribution in [0.15, 0.2) is 35.9 Å². The van der Waals surface area contributed by atoms with Gasteiger partial charge in [-0.25, -0.2) is 4.79 Å². The SMILES string of the molecule is CCCCCCCC[C@H]1CC[C@H]2[C@@H]3CC=C4C[C@@H](OC(=O)Oc5ccc(N([O-])O)cc5)CC[C@]4(C)[C@H]3CC[C@]12C. The molecule has 0 aliphatic heterocycles. The Morgan fingerprint density at radius 2 is 1.75 bits per heavy atom. The summed E-state index contributed by atoms with van der Waals surface area (Å²) >= 11 is 0. The molecule has 0 saturated heterocycles. The highest BCUT2D eigenvalue weighted by molar-refractivity contribution is 5.64. The highest BCUT2D eigenvalue weighted by Crippen LogP contribution is 2.66. The van der Waals surface area contributed by atoms with E-state index in [1.165, 1.54) is 107 Å². The van der Waals surface area contributed by atoms with Crippen molar-refractivity contribution in [3.63, 3.8) is 0 Å². The van der Waals surface area contributed by atoms with E-state index in [0.29, 0.717) is 5.41 Å². The van der Waals surface area contributed by atoms with E-state index in [1.54, 1.807) is 0 Å². The van der Waals surface area contributed by atoms with E-state index in [1.807, 2.05) is 0 Å². The zero-order valence-corrected chi connectivity index (χ0v) is 24.9.